The van der Waals surface area contributed by atoms with E-state index in [0.29, 0.717) is 24.2 Å². The fraction of sp³-hybridized carbons (Fsp3) is 0.407. The summed E-state index contributed by atoms with van der Waals surface area (Å²) in [5, 5.41) is 10.0. The number of carbonyl (C=O) groups excluding carboxylic acids is 1. The van der Waals surface area contributed by atoms with Gasteiger partial charge >= 0.3 is 5.63 Å². The summed E-state index contributed by atoms with van der Waals surface area (Å²) in [6.45, 7) is 3.63. The van der Waals surface area contributed by atoms with Crippen molar-refractivity contribution in [1.29, 1.82) is 0 Å². The number of rotatable bonds is 12. The largest absolute Gasteiger partial charge is 0.494 e. The third kappa shape index (κ3) is 7.43. The molecular weight excluding hydrogens is 432 g/mol. The zero-order valence-corrected chi connectivity index (χ0v) is 20.2. The van der Waals surface area contributed by atoms with Crippen molar-refractivity contribution in [3.05, 3.63) is 75.6 Å². The molecule has 182 valence electrons. The lowest BCUT2D eigenvalue weighted by Gasteiger charge is -2.15. The van der Waals surface area contributed by atoms with E-state index in [4.69, 9.17) is 9.15 Å². The van der Waals surface area contributed by atoms with Crippen molar-refractivity contribution in [2.24, 2.45) is 5.92 Å². The van der Waals surface area contributed by atoms with Crippen molar-refractivity contribution in [3.8, 4) is 5.75 Å². The molecule has 34 heavy (non-hydrogen) atoms. The summed E-state index contributed by atoms with van der Waals surface area (Å²) in [4.78, 5) is 26.9. The van der Waals surface area contributed by atoms with Gasteiger partial charge in [0.25, 0.3) is 0 Å². The van der Waals surface area contributed by atoms with Gasteiger partial charge in [-0.2, -0.15) is 0 Å². The minimum atomic E-state index is -0.533. The molecule has 2 N–H and O–H groups in total. The van der Waals surface area contributed by atoms with Crippen LogP contribution in [-0.2, 0) is 17.6 Å². The third-order valence-corrected chi connectivity index (χ3v) is 5.87. The first-order chi connectivity index (χ1) is 16.4. The van der Waals surface area contributed by atoms with Gasteiger partial charge in [-0.3, -0.25) is 10.0 Å². The lowest BCUT2D eigenvalue weighted by atomic mass is 9.92. The lowest BCUT2D eigenvalue weighted by Crippen LogP contribution is -2.30. The number of benzene rings is 2. The summed E-state index contributed by atoms with van der Waals surface area (Å²) in [6, 6.07) is 15.4. The Labute approximate surface area is 200 Å². The first kappa shape index (κ1) is 25.5. The number of ether oxygens (including phenoxy) is 1. The molecule has 3 aromatic rings. The number of hydrogen-bond acceptors (Lipinski definition) is 6. The number of hydroxylamine groups is 1. The summed E-state index contributed by atoms with van der Waals surface area (Å²) >= 11 is 0. The van der Waals surface area contributed by atoms with Crippen LogP contribution in [0.15, 0.2) is 57.7 Å². The summed E-state index contributed by atoms with van der Waals surface area (Å²) in [6.07, 6.45) is 3.22. The van der Waals surface area contributed by atoms with Crippen molar-refractivity contribution in [2.75, 3.05) is 27.2 Å². The van der Waals surface area contributed by atoms with Crippen LogP contribution in [-0.4, -0.2) is 43.3 Å². The Morgan fingerprint density at radius 1 is 1.12 bits per heavy atom. The Balaban J connectivity index is 1.57. The highest BCUT2D eigenvalue weighted by molar-refractivity contribution is 5.79. The van der Waals surface area contributed by atoms with Crippen molar-refractivity contribution in [3.63, 3.8) is 0 Å². The highest BCUT2D eigenvalue weighted by atomic mass is 16.5. The predicted octanol–water partition coefficient (Wildman–Crippen LogP) is 4.12. The molecule has 7 heteroatoms. The predicted molar refractivity (Wildman–Crippen MR) is 132 cm³/mol. The first-order valence-corrected chi connectivity index (χ1v) is 11.7. The number of fused-ring (bicyclic) bond motifs is 1. The molecule has 0 aliphatic rings. The third-order valence-electron chi connectivity index (χ3n) is 5.87. The number of nitrogens with zero attached hydrogens (tertiary/aromatic N) is 1. The number of nitrogens with one attached hydrogen (secondary N) is 1. The Hall–Kier alpha value is -3.16. The maximum atomic E-state index is 12.4. The van der Waals surface area contributed by atoms with Crippen molar-refractivity contribution < 1.29 is 19.2 Å². The van der Waals surface area contributed by atoms with E-state index in [9.17, 15) is 14.8 Å². The van der Waals surface area contributed by atoms with Crippen LogP contribution in [0.25, 0.3) is 11.0 Å². The Kier molecular flexibility index (Phi) is 9.24. The molecule has 1 amide bonds. The molecule has 0 bridgehead atoms. The van der Waals surface area contributed by atoms with Gasteiger partial charge in [0, 0.05) is 23.4 Å². The zero-order valence-electron chi connectivity index (χ0n) is 20.2. The Morgan fingerprint density at radius 3 is 2.59 bits per heavy atom. The van der Waals surface area contributed by atoms with Crippen LogP contribution in [0.5, 0.6) is 5.75 Å². The summed E-state index contributed by atoms with van der Waals surface area (Å²) in [5.41, 5.74) is 4.45. The number of amides is 1. The Bertz CT molecular complexity index is 1140. The van der Waals surface area contributed by atoms with Crippen molar-refractivity contribution >= 4 is 16.9 Å². The van der Waals surface area contributed by atoms with Gasteiger partial charge in [0.15, 0.2) is 0 Å². The van der Waals surface area contributed by atoms with Crippen LogP contribution in [0.4, 0.5) is 0 Å². The highest BCUT2D eigenvalue weighted by Gasteiger charge is 2.21. The van der Waals surface area contributed by atoms with Gasteiger partial charge in [-0.1, -0.05) is 23.8 Å². The van der Waals surface area contributed by atoms with Crippen LogP contribution < -0.4 is 15.8 Å². The van der Waals surface area contributed by atoms with Crippen LogP contribution in [0.2, 0.25) is 0 Å². The van der Waals surface area contributed by atoms with E-state index in [1.807, 2.05) is 57.4 Å². The average molecular weight is 467 g/mol. The molecule has 2 aromatic carbocycles. The molecule has 0 saturated carbocycles. The number of hydrogen-bond donors (Lipinski definition) is 2. The van der Waals surface area contributed by atoms with Gasteiger partial charge in [-0.15, -0.1) is 0 Å². The van der Waals surface area contributed by atoms with Gasteiger partial charge in [0.1, 0.15) is 11.3 Å². The smallest absolute Gasteiger partial charge is 0.339 e. The maximum Gasteiger partial charge on any atom is 0.339 e. The summed E-state index contributed by atoms with van der Waals surface area (Å²) < 4.78 is 11.2. The fourth-order valence-corrected chi connectivity index (χ4v) is 3.99. The summed E-state index contributed by atoms with van der Waals surface area (Å²) in [7, 11) is 4.09. The minimum Gasteiger partial charge on any atom is -0.494 e. The van der Waals surface area contributed by atoms with Crippen LogP contribution >= 0.6 is 0 Å². The summed E-state index contributed by atoms with van der Waals surface area (Å²) in [5.74, 6) is -0.182. The van der Waals surface area contributed by atoms with Crippen molar-refractivity contribution in [2.45, 2.75) is 39.0 Å². The molecule has 1 heterocycles. The van der Waals surface area contributed by atoms with Gasteiger partial charge in [-0.05, 0) is 89.0 Å². The molecule has 1 unspecified atom stereocenters. The number of aryl methyl sites for hydroxylation is 2. The fourth-order valence-electron chi connectivity index (χ4n) is 3.99. The molecule has 0 aliphatic carbocycles. The lowest BCUT2D eigenvalue weighted by molar-refractivity contribution is -0.133. The monoisotopic (exact) mass is 466 g/mol. The molecule has 0 fully saturated rings. The van der Waals surface area contributed by atoms with E-state index in [-0.39, 0.29) is 6.42 Å². The molecule has 1 aromatic heterocycles. The molecule has 1 atom stereocenters. The van der Waals surface area contributed by atoms with Crippen LogP contribution in [0, 0.1) is 12.8 Å². The minimum absolute atomic E-state index is 0.207. The highest BCUT2D eigenvalue weighted by Crippen LogP contribution is 2.20. The molecule has 7 nitrogen and oxygen atoms in total. The second-order valence-corrected chi connectivity index (χ2v) is 9.02. The van der Waals surface area contributed by atoms with Gasteiger partial charge in [0.05, 0.1) is 6.61 Å². The zero-order chi connectivity index (χ0) is 24.5. The molecule has 0 aliphatic heterocycles. The normalized spacial score (nSPS) is 12.1. The second kappa shape index (κ2) is 12.3. The first-order valence-electron chi connectivity index (χ1n) is 11.7. The van der Waals surface area contributed by atoms with Crippen LogP contribution in [0.1, 0.15) is 36.0 Å². The van der Waals surface area contributed by atoms with Gasteiger partial charge in [-0.25, -0.2) is 10.3 Å². The van der Waals surface area contributed by atoms with Gasteiger partial charge < -0.3 is 14.1 Å². The van der Waals surface area contributed by atoms with Gasteiger partial charge in [0.2, 0.25) is 5.91 Å². The van der Waals surface area contributed by atoms with E-state index < -0.39 is 17.5 Å². The molecular formula is C27H34N2O5. The van der Waals surface area contributed by atoms with Crippen LogP contribution in [0.3, 0.4) is 0 Å². The standard InChI is InChI=1S/C27H34N2O5/c1-19-8-13-25-22(16-19)18-23(27(31)34-25)17-21(26(30)28-32)7-4-6-20-9-11-24(12-10-20)33-15-5-14-29(2)3/h8-13,16,18,21,32H,4-7,14-15,17H2,1-3H3,(H,28,30). The van der Waals surface area contributed by atoms with E-state index in [2.05, 4.69) is 4.90 Å². The van der Waals surface area contributed by atoms with E-state index in [1.54, 1.807) is 17.6 Å². The molecule has 0 saturated heterocycles. The SMILES string of the molecule is Cc1ccc2oc(=O)c(CC(CCCc3ccc(OCCCN(C)C)cc3)C(=O)NO)cc2c1. The van der Waals surface area contributed by atoms with Crippen molar-refractivity contribution in [1.82, 2.24) is 10.4 Å². The average Bonchev–Trinajstić information content (AvgIpc) is 2.82. The van der Waals surface area contributed by atoms with E-state index in [0.717, 1.165) is 48.1 Å². The van der Waals surface area contributed by atoms with E-state index in [1.165, 1.54) is 0 Å². The van der Waals surface area contributed by atoms with E-state index >= 15 is 0 Å². The molecule has 3 rings (SSSR count). The topological polar surface area (TPSA) is 92.0 Å². The maximum absolute atomic E-state index is 12.4. The molecule has 0 spiro atoms. The number of carbonyl (C=O) groups is 1. The molecule has 0 radical (unpaired) electrons. The Morgan fingerprint density at radius 2 is 1.88 bits per heavy atom. The quantitative estimate of drug-likeness (QED) is 0.181. The second-order valence-electron chi connectivity index (χ2n) is 9.02.